The van der Waals surface area contributed by atoms with Gasteiger partial charge in [0, 0.05) is 36.8 Å². The number of nitrogens with zero attached hydrogens (tertiary/aromatic N) is 3. The van der Waals surface area contributed by atoms with E-state index in [2.05, 4.69) is 15.2 Å². The molecule has 4 rings (SSSR count). The van der Waals surface area contributed by atoms with Gasteiger partial charge >= 0.3 is 0 Å². The molecule has 7 heteroatoms. The number of nitrogens with one attached hydrogen (secondary N) is 1. The van der Waals surface area contributed by atoms with E-state index in [1.165, 1.54) is 4.90 Å². The molecule has 152 valence electrons. The smallest absolute Gasteiger partial charge is 0.255 e. The number of H-pyrrole nitrogens is 1. The first kappa shape index (κ1) is 19.6. The lowest BCUT2D eigenvalue weighted by molar-refractivity contribution is -0.137. The Morgan fingerprint density at radius 3 is 2.67 bits per heavy atom. The van der Waals surface area contributed by atoms with Crippen LogP contribution < -0.4 is 4.74 Å². The summed E-state index contributed by atoms with van der Waals surface area (Å²) in [6, 6.07) is 16.9. The highest BCUT2D eigenvalue weighted by Gasteiger charge is 2.20. The lowest BCUT2D eigenvalue weighted by Gasteiger charge is -2.16. The van der Waals surface area contributed by atoms with Crippen LogP contribution in [0, 0.1) is 0 Å². The summed E-state index contributed by atoms with van der Waals surface area (Å²) in [5, 5.41) is 18.6. The van der Waals surface area contributed by atoms with E-state index in [-0.39, 0.29) is 5.91 Å². The van der Waals surface area contributed by atoms with Crippen molar-refractivity contribution >= 4 is 16.9 Å². The quantitative estimate of drug-likeness (QED) is 0.534. The molecule has 2 aromatic heterocycles. The van der Waals surface area contributed by atoms with E-state index in [0.717, 1.165) is 33.5 Å². The van der Waals surface area contributed by atoms with Gasteiger partial charge in [0.25, 0.3) is 5.91 Å². The number of para-hydroxylation sites is 1. The molecule has 2 N–H and O–H groups in total. The second-order valence-electron chi connectivity index (χ2n) is 7.15. The third-order valence-electron chi connectivity index (χ3n) is 4.99. The molecule has 0 aliphatic carbocycles. The summed E-state index contributed by atoms with van der Waals surface area (Å²) in [5.74, 6) is 0.359. The zero-order valence-electron chi connectivity index (χ0n) is 17.0. The Labute approximate surface area is 173 Å². The number of aromatic nitrogens is 3. The minimum absolute atomic E-state index is 0.367. The maximum Gasteiger partial charge on any atom is 0.255 e. The Morgan fingerprint density at radius 2 is 1.90 bits per heavy atom. The molecule has 0 radical (unpaired) electrons. The highest BCUT2D eigenvalue weighted by atomic mass is 16.5. The van der Waals surface area contributed by atoms with Gasteiger partial charge in [-0.1, -0.05) is 30.3 Å². The van der Waals surface area contributed by atoms with Gasteiger partial charge in [-0.3, -0.25) is 9.89 Å². The van der Waals surface area contributed by atoms with Crippen LogP contribution in [-0.4, -0.2) is 52.3 Å². The third-order valence-corrected chi connectivity index (χ3v) is 4.99. The highest BCUT2D eigenvalue weighted by molar-refractivity contribution is 5.94. The number of rotatable bonds is 5. The van der Waals surface area contributed by atoms with Crippen LogP contribution in [-0.2, 0) is 4.79 Å². The molecule has 1 unspecified atom stereocenters. The predicted molar refractivity (Wildman–Crippen MR) is 115 cm³/mol. The summed E-state index contributed by atoms with van der Waals surface area (Å²) in [7, 11) is 4.86. The van der Waals surface area contributed by atoms with Crippen LogP contribution in [0.4, 0.5) is 0 Å². The van der Waals surface area contributed by atoms with Crippen molar-refractivity contribution in [2.45, 2.75) is 6.10 Å². The van der Waals surface area contributed by atoms with Gasteiger partial charge in [-0.05, 0) is 35.4 Å². The van der Waals surface area contributed by atoms with E-state index >= 15 is 0 Å². The Bertz CT molecular complexity index is 1220. The molecular weight excluding hydrogens is 380 g/mol. The van der Waals surface area contributed by atoms with Crippen molar-refractivity contribution < 1.29 is 14.6 Å². The molecule has 0 aliphatic heterocycles. The predicted octanol–water partition coefficient (Wildman–Crippen LogP) is 3.42. The molecule has 0 aliphatic rings. The number of carbonyl (C=O) groups is 1. The van der Waals surface area contributed by atoms with Crippen LogP contribution in [0.25, 0.3) is 33.4 Å². The molecule has 4 aromatic rings. The largest absolute Gasteiger partial charge is 0.496 e. The molecule has 0 saturated carbocycles. The van der Waals surface area contributed by atoms with Crippen molar-refractivity contribution in [3.63, 3.8) is 0 Å². The fraction of sp³-hybridized carbons (Fsp3) is 0.174. The number of methoxy groups -OCH3 is 1. The number of amides is 1. The van der Waals surface area contributed by atoms with Crippen LogP contribution in [0.3, 0.4) is 0 Å². The lowest BCUT2D eigenvalue weighted by atomic mass is 9.99. The van der Waals surface area contributed by atoms with Crippen LogP contribution in [0.2, 0.25) is 0 Å². The zero-order valence-corrected chi connectivity index (χ0v) is 17.0. The molecule has 1 amide bonds. The van der Waals surface area contributed by atoms with Crippen molar-refractivity contribution in [2.24, 2.45) is 0 Å². The molecular formula is C23H22N4O3. The molecule has 0 saturated heterocycles. The summed E-state index contributed by atoms with van der Waals surface area (Å²) in [5.41, 5.74) is 4.51. The summed E-state index contributed by atoms with van der Waals surface area (Å²) in [6.45, 7) is 0. The molecule has 2 heterocycles. The summed E-state index contributed by atoms with van der Waals surface area (Å²) in [6.07, 6.45) is 0.529. The van der Waals surface area contributed by atoms with Gasteiger partial charge in [-0.15, -0.1) is 0 Å². The zero-order chi connectivity index (χ0) is 21.3. The maximum atomic E-state index is 12.1. The number of likely N-dealkylation sites (N-methyl/N-ethyl adjacent to an activating group) is 1. The molecule has 0 fully saturated rings. The summed E-state index contributed by atoms with van der Waals surface area (Å²) >= 11 is 0. The van der Waals surface area contributed by atoms with Crippen molar-refractivity contribution in [1.82, 2.24) is 20.1 Å². The SMILES string of the molecule is COc1ccccc1-c1n[nH]c2ncc(-c3cccc(C(O)C(=O)N(C)C)c3)cc12. The van der Waals surface area contributed by atoms with E-state index in [4.69, 9.17) is 4.74 Å². The minimum Gasteiger partial charge on any atom is -0.496 e. The highest BCUT2D eigenvalue weighted by Crippen LogP contribution is 2.34. The van der Waals surface area contributed by atoms with Crippen LogP contribution in [0.1, 0.15) is 11.7 Å². The van der Waals surface area contributed by atoms with Crippen molar-refractivity contribution in [1.29, 1.82) is 0 Å². The van der Waals surface area contributed by atoms with Gasteiger partial charge in [-0.25, -0.2) is 4.98 Å². The Kier molecular flexibility index (Phi) is 5.20. The number of aliphatic hydroxyl groups excluding tert-OH is 1. The summed E-state index contributed by atoms with van der Waals surface area (Å²) in [4.78, 5) is 18.0. The molecule has 2 aromatic carbocycles. The first-order chi connectivity index (χ1) is 14.5. The van der Waals surface area contributed by atoms with E-state index in [0.29, 0.717) is 11.2 Å². The second-order valence-corrected chi connectivity index (χ2v) is 7.15. The van der Waals surface area contributed by atoms with Crippen LogP contribution >= 0.6 is 0 Å². The molecule has 0 spiro atoms. The van der Waals surface area contributed by atoms with Gasteiger partial charge < -0.3 is 14.7 Å². The average Bonchev–Trinajstić information content (AvgIpc) is 3.21. The van der Waals surface area contributed by atoms with Gasteiger partial charge in [0.05, 0.1) is 7.11 Å². The number of benzene rings is 2. The first-order valence-corrected chi connectivity index (χ1v) is 9.46. The second kappa shape index (κ2) is 7.96. The van der Waals surface area contributed by atoms with Gasteiger partial charge in [-0.2, -0.15) is 5.10 Å². The van der Waals surface area contributed by atoms with Crippen molar-refractivity contribution in [3.05, 3.63) is 66.4 Å². The average molecular weight is 402 g/mol. The molecule has 0 bridgehead atoms. The van der Waals surface area contributed by atoms with Crippen LogP contribution in [0.5, 0.6) is 5.75 Å². The standard InChI is InChI=1S/C23H22N4O3/c1-27(2)23(29)21(28)15-8-6-7-14(11-15)16-12-18-20(25-26-22(18)24-13-16)17-9-4-5-10-19(17)30-3/h4-13,21,28H,1-3H3,(H,24,25,26). The van der Waals surface area contributed by atoms with Gasteiger partial charge in [0.2, 0.25) is 0 Å². The topological polar surface area (TPSA) is 91.3 Å². The molecule has 7 nitrogen and oxygen atoms in total. The van der Waals surface area contributed by atoms with E-state index in [9.17, 15) is 9.90 Å². The van der Waals surface area contributed by atoms with Crippen LogP contribution in [0.15, 0.2) is 60.8 Å². The number of pyridine rings is 1. The Balaban J connectivity index is 1.78. The van der Waals surface area contributed by atoms with Crippen molar-refractivity contribution in [3.8, 4) is 28.1 Å². The summed E-state index contributed by atoms with van der Waals surface area (Å²) < 4.78 is 5.48. The first-order valence-electron chi connectivity index (χ1n) is 9.46. The fourth-order valence-corrected chi connectivity index (χ4v) is 3.38. The van der Waals surface area contributed by atoms with Crippen molar-refractivity contribution in [2.75, 3.05) is 21.2 Å². The van der Waals surface area contributed by atoms with E-state index < -0.39 is 6.10 Å². The third kappa shape index (κ3) is 3.51. The molecule has 30 heavy (non-hydrogen) atoms. The maximum absolute atomic E-state index is 12.1. The van der Waals surface area contributed by atoms with E-state index in [1.54, 1.807) is 39.5 Å². The van der Waals surface area contributed by atoms with Gasteiger partial charge in [0.1, 0.15) is 11.4 Å². The Hall–Kier alpha value is -3.71. The number of ether oxygens (including phenoxy) is 1. The van der Waals surface area contributed by atoms with Gasteiger partial charge in [0.15, 0.2) is 11.8 Å². The number of aliphatic hydroxyl groups is 1. The molecule has 1 atom stereocenters. The van der Waals surface area contributed by atoms with E-state index in [1.807, 2.05) is 42.5 Å². The fourth-order valence-electron chi connectivity index (χ4n) is 3.38. The number of hydrogen-bond donors (Lipinski definition) is 2. The normalized spacial score (nSPS) is 12.0. The lowest BCUT2D eigenvalue weighted by Crippen LogP contribution is -2.28. The minimum atomic E-state index is -1.21. The number of fused-ring (bicyclic) bond motifs is 1. The monoisotopic (exact) mass is 402 g/mol. The number of carbonyl (C=O) groups excluding carboxylic acids is 1. The number of aromatic amines is 1. The number of hydrogen-bond acceptors (Lipinski definition) is 5. The Morgan fingerprint density at radius 1 is 1.10 bits per heavy atom.